The summed E-state index contributed by atoms with van der Waals surface area (Å²) in [4.78, 5) is 22.7. The second-order valence-corrected chi connectivity index (χ2v) is 6.27. The van der Waals surface area contributed by atoms with Gasteiger partial charge in [-0.3, -0.25) is 9.59 Å². The molecular weight excluding hydrogens is 304 g/mol. The minimum Gasteiger partial charge on any atom is -0.426 e. The van der Waals surface area contributed by atoms with E-state index < -0.39 is 0 Å². The number of carbonyl (C=O) groups excluding carboxylic acids is 2. The van der Waals surface area contributed by atoms with Crippen molar-refractivity contribution in [1.29, 1.82) is 0 Å². The van der Waals surface area contributed by atoms with E-state index in [2.05, 4.69) is 26.0 Å². The highest BCUT2D eigenvalue weighted by Gasteiger charge is 2.21. The van der Waals surface area contributed by atoms with E-state index in [1.54, 1.807) is 12.1 Å². The minimum atomic E-state index is -0.351. The Labute approximate surface area is 143 Å². The molecule has 0 atom stereocenters. The number of esters is 2. The van der Waals surface area contributed by atoms with Gasteiger partial charge in [-0.05, 0) is 51.7 Å². The first-order valence-corrected chi connectivity index (χ1v) is 8.19. The normalized spacial score (nSPS) is 12.8. The first kappa shape index (κ1) is 18.0. The Kier molecular flexibility index (Phi) is 5.96. The van der Waals surface area contributed by atoms with E-state index in [0.717, 1.165) is 24.0 Å². The molecule has 0 aromatic heterocycles. The Hall–Kier alpha value is -2.36. The van der Waals surface area contributed by atoms with Crippen LogP contribution < -0.4 is 9.47 Å². The van der Waals surface area contributed by atoms with Crippen molar-refractivity contribution >= 4 is 11.9 Å². The SMILES string of the molecule is CC(=O)Oc1ccc(OC(C)=O)c2c1CC=C(CCC=C(C)C)C2. The predicted molar refractivity (Wildman–Crippen MR) is 93.2 cm³/mol. The Bertz CT molecular complexity index is 707. The molecule has 0 unspecified atom stereocenters. The van der Waals surface area contributed by atoms with E-state index >= 15 is 0 Å². The van der Waals surface area contributed by atoms with Crippen LogP contribution in [-0.4, -0.2) is 11.9 Å². The van der Waals surface area contributed by atoms with Crippen LogP contribution in [0, 0.1) is 0 Å². The van der Waals surface area contributed by atoms with Gasteiger partial charge in [0.1, 0.15) is 11.5 Å². The molecule has 0 saturated heterocycles. The van der Waals surface area contributed by atoms with Crippen molar-refractivity contribution in [2.24, 2.45) is 0 Å². The molecule has 128 valence electrons. The van der Waals surface area contributed by atoms with Gasteiger partial charge < -0.3 is 9.47 Å². The number of benzene rings is 1. The van der Waals surface area contributed by atoms with Crippen molar-refractivity contribution in [2.45, 2.75) is 53.4 Å². The molecule has 0 amide bonds. The van der Waals surface area contributed by atoms with Gasteiger partial charge in [-0.1, -0.05) is 23.3 Å². The van der Waals surface area contributed by atoms with Gasteiger partial charge in [-0.15, -0.1) is 0 Å². The molecule has 0 aliphatic heterocycles. The van der Waals surface area contributed by atoms with Crippen molar-refractivity contribution in [2.75, 3.05) is 0 Å². The lowest BCUT2D eigenvalue weighted by Crippen LogP contribution is -2.12. The summed E-state index contributed by atoms with van der Waals surface area (Å²) in [5, 5.41) is 0. The van der Waals surface area contributed by atoms with Gasteiger partial charge in [0.15, 0.2) is 0 Å². The second-order valence-electron chi connectivity index (χ2n) is 6.27. The van der Waals surface area contributed by atoms with Crippen molar-refractivity contribution in [1.82, 2.24) is 0 Å². The molecule has 1 aliphatic carbocycles. The lowest BCUT2D eigenvalue weighted by molar-refractivity contribution is -0.133. The van der Waals surface area contributed by atoms with E-state index in [-0.39, 0.29) is 11.9 Å². The molecule has 24 heavy (non-hydrogen) atoms. The number of allylic oxidation sites excluding steroid dienone is 4. The van der Waals surface area contributed by atoms with Crippen molar-refractivity contribution in [3.05, 3.63) is 46.6 Å². The molecule has 0 heterocycles. The summed E-state index contributed by atoms with van der Waals surface area (Å²) >= 11 is 0. The van der Waals surface area contributed by atoms with Gasteiger partial charge in [0.2, 0.25) is 0 Å². The van der Waals surface area contributed by atoms with E-state index in [1.807, 2.05) is 0 Å². The maximum Gasteiger partial charge on any atom is 0.308 e. The van der Waals surface area contributed by atoms with Gasteiger partial charge in [0, 0.05) is 25.0 Å². The molecule has 0 bridgehead atoms. The zero-order valence-electron chi connectivity index (χ0n) is 14.8. The maximum atomic E-state index is 11.4. The number of hydrogen-bond acceptors (Lipinski definition) is 4. The standard InChI is InChI=1S/C20H24O4/c1-13(2)6-5-7-16-8-9-17-18(12-16)20(24-15(4)22)11-10-19(17)23-14(3)21/h6,8,10-11H,5,7,9,12H2,1-4H3. The smallest absolute Gasteiger partial charge is 0.308 e. The molecule has 4 heteroatoms. The lowest BCUT2D eigenvalue weighted by atomic mass is 9.88. The maximum absolute atomic E-state index is 11.4. The summed E-state index contributed by atoms with van der Waals surface area (Å²) in [7, 11) is 0. The molecule has 0 N–H and O–H groups in total. The zero-order chi connectivity index (χ0) is 17.7. The third kappa shape index (κ3) is 4.82. The van der Waals surface area contributed by atoms with Gasteiger partial charge in [-0.25, -0.2) is 0 Å². The first-order chi connectivity index (χ1) is 11.4. The fraction of sp³-hybridized carbons (Fsp3) is 0.400. The minimum absolute atomic E-state index is 0.349. The molecule has 0 fully saturated rings. The molecule has 1 aromatic rings. The average molecular weight is 328 g/mol. The van der Waals surface area contributed by atoms with Crippen LogP contribution in [0.1, 0.15) is 51.7 Å². The molecule has 2 rings (SSSR count). The lowest BCUT2D eigenvalue weighted by Gasteiger charge is -2.22. The van der Waals surface area contributed by atoms with E-state index in [0.29, 0.717) is 24.3 Å². The summed E-state index contributed by atoms with van der Waals surface area (Å²) in [5.41, 5.74) is 4.49. The highest BCUT2D eigenvalue weighted by Crippen LogP contribution is 2.37. The summed E-state index contributed by atoms with van der Waals surface area (Å²) in [5.74, 6) is 0.406. The third-order valence-corrected chi connectivity index (χ3v) is 3.87. The monoisotopic (exact) mass is 328 g/mol. The summed E-state index contributed by atoms with van der Waals surface area (Å²) in [6, 6.07) is 3.40. The fourth-order valence-corrected chi connectivity index (χ4v) is 2.85. The molecule has 1 aromatic carbocycles. The molecule has 4 nitrogen and oxygen atoms in total. The highest BCUT2D eigenvalue weighted by atomic mass is 16.5. The van der Waals surface area contributed by atoms with Crippen LogP contribution in [0.25, 0.3) is 0 Å². The fourth-order valence-electron chi connectivity index (χ4n) is 2.85. The number of fused-ring (bicyclic) bond motifs is 1. The number of rotatable bonds is 5. The zero-order valence-corrected chi connectivity index (χ0v) is 14.8. The van der Waals surface area contributed by atoms with E-state index in [1.165, 1.54) is 25.0 Å². The third-order valence-electron chi connectivity index (χ3n) is 3.87. The molecule has 1 aliphatic rings. The van der Waals surface area contributed by atoms with Crippen LogP contribution in [0.3, 0.4) is 0 Å². The van der Waals surface area contributed by atoms with E-state index in [9.17, 15) is 9.59 Å². The van der Waals surface area contributed by atoms with Crippen LogP contribution in [0.2, 0.25) is 0 Å². The summed E-state index contributed by atoms with van der Waals surface area (Å²) in [6.07, 6.45) is 7.77. The van der Waals surface area contributed by atoms with Crippen LogP contribution in [-0.2, 0) is 22.4 Å². The first-order valence-electron chi connectivity index (χ1n) is 8.19. The number of carbonyl (C=O) groups is 2. The largest absolute Gasteiger partial charge is 0.426 e. The van der Waals surface area contributed by atoms with Crippen LogP contribution in [0.4, 0.5) is 0 Å². The molecule has 0 radical (unpaired) electrons. The van der Waals surface area contributed by atoms with Crippen LogP contribution in [0.5, 0.6) is 11.5 Å². The van der Waals surface area contributed by atoms with Gasteiger partial charge in [0.05, 0.1) is 0 Å². The summed E-state index contributed by atoms with van der Waals surface area (Å²) < 4.78 is 10.6. The Morgan fingerprint density at radius 2 is 1.58 bits per heavy atom. The topological polar surface area (TPSA) is 52.6 Å². The van der Waals surface area contributed by atoms with Crippen molar-refractivity contribution < 1.29 is 19.1 Å². The average Bonchev–Trinajstić information content (AvgIpc) is 2.48. The van der Waals surface area contributed by atoms with Crippen molar-refractivity contribution in [3.63, 3.8) is 0 Å². The molecule has 0 spiro atoms. The highest BCUT2D eigenvalue weighted by molar-refractivity contribution is 5.73. The summed E-state index contributed by atoms with van der Waals surface area (Å²) in [6.45, 7) is 6.96. The molecular formula is C20H24O4. The number of hydrogen-bond donors (Lipinski definition) is 0. The van der Waals surface area contributed by atoms with Crippen molar-refractivity contribution in [3.8, 4) is 11.5 Å². The van der Waals surface area contributed by atoms with Crippen LogP contribution in [0.15, 0.2) is 35.4 Å². The Morgan fingerprint density at radius 3 is 2.12 bits per heavy atom. The predicted octanol–water partition coefficient (Wildman–Crippen LogP) is 4.31. The second kappa shape index (κ2) is 7.95. The Balaban J connectivity index is 2.28. The van der Waals surface area contributed by atoms with Gasteiger partial charge in [-0.2, -0.15) is 0 Å². The molecule has 0 saturated carbocycles. The quantitative estimate of drug-likeness (QED) is 0.459. The Morgan fingerprint density at radius 1 is 1.00 bits per heavy atom. The van der Waals surface area contributed by atoms with Gasteiger partial charge >= 0.3 is 11.9 Å². The van der Waals surface area contributed by atoms with Gasteiger partial charge in [0.25, 0.3) is 0 Å². The van der Waals surface area contributed by atoms with Crippen LogP contribution >= 0.6 is 0 Å². The number of ether oxygens (including phenoxy) is 2. The van der Waals surface area contributed by atoms with E-state index in [4.69, 9.17) is 9.47 Å².